The molecule has 102 valence electrons. The van der Waals surface area contributed by atoms with Crippen LogP contribution in [0.1, 0.15) is 18.9 Å². The Labute approximate surface area is 119 Å². The number of benzene rings is 1. The zero-order valence-electron chi connectivity index (χ0n) is 11.5. The Morgan fingerprint density at radius 3 is 2.56 bits per heavy atom. The summed E-state index contributed by atoms with van der Waals surface area (Å²) in [6, 6.07) is 5.60. The van der Waals surface area contributed by atoms with Crippen molar-refractivity contribution in [3.8, 4) is 5.75 Å². The third kappa shape index (κ3) is 5.38. The second-order valence-electron chi connectivity index (χ2n) is 4.80. The van der Waals surface area contributed by atoms with E-state index in [0.29, 0.717) is 5.75 Å². The Balaban J connectivity index is 2.54. The van der Waals surface area contributed by atoms with Gasteiger partial charge in [-0.3, -0.25) is 4.90 Å². The predicted molar refractivity (Wildman–Crippen MR) is 79.9 cm³/mol. The van der Waals surface area contributed by atoms with Crippen LogP contribution in [0.3, 0.4) is 0 Å². The highest BCUT2D eigenvalue weighted by Crippen LogP contribution is 2.23. The lowest BCUT2D eigenvalue weighted by Gasteiger charge is -2.22. The number of nitrogens with zero attached hydrogens (tertiary/aromatic N) is 2. The van der Waals surface area contributed by atoms with Crippen LogP contribution in [0.4, 0.5) is 0 Å². The van der Waals surface area contributed by atoms with Crippen molar-refractivity contribution < 1.29 is 5.11 Å². The molecule has 0 saturated carbocycles. The highest BCUT2D eigenvalue weighted by Gasteiger charge is 2.08. The summed E-state index contributed by atoms with van der Waals surface area (Å²) < 4.78 is 1.01. The van der Waals surface area contributed by atoms with Crippen molar-refractivity contribution in [2.75, 3.05) is 33.7 Å². The van der Waals surface area contributed by atoms with Crippen molar-refractivity contribution in [2.24, 2.45) is 0 Å². The molecule has 0 fully saturated rings. The van der Waals surface area contributed by atoms with Crippen molar-refractivity contribution in [2.45, 2.75) is 19.9 Å². The van der Waals surface area contributed by atoms with Gasteiger partial charge < -0.3 is 10.0 Å². The molecule has 0 saturated heterocycles. The van der Waals surface area contributed by atoms with Gasteiger partial charge in [0.25, 0.3) is 0 Å². The Morgan fingerprint density at radius 1 is 1.22 bits per heavy atom. The molecule has 0 unspecified atom stereocenters. The second-order valence-corrected chi connectivity index (χ2v) is 5.71. The van der Waals surface area contributed by atoms with Crippen molar-refractivity contribution in [1.82, 2.24) is 9.80 Å². The average molecular weight is 315 g/mol. The van der Waals surface area contributed by atoms with E-state index in [4.69, 9.17) is 0 Å². The summed E-state index contributed by atoms with van der Waals surface area (Å²) in [4.78, 5) is 4.55. The Bertz CT molecular complexity index is 369. The molecule has 0 amide bonds. The van der Waals surface area contributed by atoms with Gasteiger partial charge in [0.2, 0.25) is 0 Å². The highest BCUT2D eigenvalue weighted by molar-refractivity contribution is 9.10. The number of hydrogen-bond acceptors (Lipinski definition) is 3. The van der Waals surface area contributed by atoms with Crippen molar-refractivity contribution in [3.05, 3.63) is 28.2 Å². The van der Waals surface area contributed by atoms with Crippen LogP contribution >= 0.6 is 15.9 Å². The summed E-state index contributed by atoms with van der Waals surface area (Å²) in [7, 11) is 4.19. The second kappa shape index (κ2) is 7.77. The standard InChI is InChI=1S/C14H23BrN2O/c1-4-17(9-5-8-16(2)3)11-12-10-13(15)6-7-14(12)18/h6-7,10,18H,4-5,8-9,11H2,1-3H3. The van der Waals surface area contributed by atoms with Crippen LogP contribution < -0.4 is 0 Å². The molecule has 0 aliphatic carbocycles. The van der Waals surface area contributed by atoms with E-state index in [9.17, 15) is 5.11 Å². The van der Waals surface area contributed by atoms with Gasteiger partial charge in [-0.1, -0.05) is 22.9 Å². The molecule has 1 rings (SSSR count). The minimum atomic E-state index is 0.379. The minimum absolute atomic E-state index is 0.379. The zero-order valence-corrected chi connectivity index (χ0v) is 13.1. The van der Waals surface area contributed by atoms with E-state index in [-0.39, 0.29) is 0 Å². The lowest BCUT2D eigenvalue weighted by atomic mass is 10.2. The van der Waals surface area contributed by atoms with E-state index in [1.54, 1.807) is 6.07 Å². The Hall–Kier alpha value is -0.580. The van der Waals surface area contributed by atoms with Gasteiger partial charge in [-0.15, -0.1) is 0 Å². The van der Waals surface area contributed by atoms with E-state index < -0.39 is 0 Å². The molecule has 1 N–H and O–H groups in total. The first-order valence-electron chi connectivity index (χ1n) is 6.37. The van der Waals surface area contributed by atoms with Gasteiger partial charge in [0, 0.05) is 16.6 Å². The van der Waals surface area contributed by atoms with E-state index in [1.807, 2.05) is 12.1 Å². The average Bonchev–Trinajstić information content (AvgIpc) is 2.32. The van der Waals surface area contributed by atoms with Crippen LogP contribution in [0.5, 0.6) is 5.75 Å². The van der Waals surface area contributed by atoms with Crippen molar-refractivity contribution in [3.63, 3.8) is 0 Å². The van der Waals surface area contributed by atoms with Crippen molar-refractivity contribution in [1.29, 1.82) is 0 Å². The van der Waals surface area contributed by atoms with Crippen LogP contribution in [0.2, 0.25) is 0 Å². The summed E-state index contributed by atoms with van der Waals surface area (Å²) in [5.41, 5.74) is 0.982. The van der Waals surface area contributed by atoms with Crippen LogP contribution in [0.15, 0.2) is 22.7 Å². The predicted octanol–water partition coefficient (Wildman–Crippen LogP) is 2.93. The van der Waals surface area contributed by atoms with Gasteiger partial charge in [-0.05, 0) is 58.3 Å². The van der Waals surface area contributed by atoms with Crippen LogP contribution in [-0.2, 0) is 6.54 Å². The highest BCUT2D eigenvalue weighted by atomic mass is 79.9. The molecular formula is C14H23BrN2O. The fourth-order valence-corrected chi connectivity index (χ4v) is 2.29. The number of phenols is 1. The first kappa shape index (κ1) is 15.5. The maximum Gasteiger partial charge on any atom is 0.120 e. The molecular weight excluding hydrogens is 292 g/mol. The SMILES string of the molecule is CCN(CCCN(C)C)Cc1cc(Br)ccc1O. The summed E-state index contributed by atoms with van der Waals surface area (Å²) >= 11 is 3.44. The summed E-state index contributed by atoms with van der Waals surface area (Å²) in [5.74, 6) is 0.379. The van der Waals surface area contributed by atoms with Crippen LogP contribution in [0, 0.1) is 0 Å². The van der Waals surface area contributed by atoms with E-state index in [1.165, 1.54) is 0 Å². The normalized spacial score (nSPS) is 11.4. The first-order chi connectivity index (χ1) is 8.52. The number of phenolic OH excluding ortho intramolecular Hbond substituents is 1. The summed E-state index contributed by atoms with van der Waals surface area (Å²) in [5, 5.41) is 9.84. The molecule has 18 heavy (non-hydrogen) atoms. The van der Waals surface area contributed by atoms with E-state index in [2.05, 4.69) is 46.7 Å². The third-order valence-electron chi connectivity index (χ3n) is 2.96. The zero-order chi connectivity index (χ0) is 13.5. The molecule has 0 aliphatic heterocycles. The largest absolute Gasteiger partial charge is 0.508 e. The lowest BCUT2D eigenvalue weighted by molar-refractivity contribution is 0.256. The smallest absolute Gasteiger partial charge is 0.120 e. The molecule has 0 heterocycles. The summed E-state index contributed by atoms with van der Waals surface area (Å²) in [6.45, 7) is 6.11. The maximum atomic E-state index is 9.84. The topological polar surface area (TPSA) is 26.7 Å². The van der Waals surface area contributed by atoms with Gasteiger partial charge in [0.15, 0.2) is 0 Å². The minimum Gasteiger partial charge on any atom is -0.508 e. The van der Waals surface area contributed by atoms with Gasteiger partial charge in [0.1, 0.15) is 5.75 Å². The van der Waals surface area contributed by atoms with Gasteiger partial charge in [0.05, 0.1) is 0 Å². The molecule has 0 aliphatic rings. The number of hydrogen-bond donors (Lipinski definition) is 1. The number of halogens is 1. The van der Waals surface area contributed by atoms with Crippen LogP contribution in [0.25, 0.3) is 0 Å². The number of aromatic hydroxyl groups is 1. The Morgan fingerprint density at radius 2 is 1.94 bits per heavy atom. The quantitative estimate of drug-likeness (QED) is 0.838. The number of rotatable bonds is 7. The van der Waals surface area contributed by atoms with Gasteiger partial charge >= 0.3 is 0 Å². The fourth-order valence-electron chi connectivity index (χ4n) is 1.88. The van der Waals surface area contributed by atoms with Gasteiger partial charge in [-0.25, -0.2) is 0 Å². The molecule has 3 nitrogen and oxygen atoms in total. The monoisotopic (exact) mass is 314 g/mol. The van der Waals surface area contributed by atoms with Gasteiger partial charge in [-0.2, -0.15) is 0 Å². The molecule has 1 aromatic rings. The fraction of sp³-hybridized carbons (Fsp3) is 0.571. The third-order valence-corrected chi connectivity index (χ3v) is 3.46. The molecule has 0 spiro atoms. The first-order valence-corrected chi connectivity index (χ1v) is 7.16. The van der Waals surface area contributed by atoms with E-state index in [0.717, 1.165) is 42.6 Å². The van der Waals surface area contributed by atoms with Crippen molar-refractivity contribution >= 4 is 15.9 Å². The van der Waals surface area contributed by atoms with Crippen LogP contribution in [-0.4, -0.2) is 48.6 Å². The summed E-state index contributed by atoms with van der Waals surface area (Å²) in [6.07, 6.45) is 1.15. The molecule has 0 radical (unpaired) electrons. The molecule has 0 atom stereocenters. The molecule has 0 aromatic heterocycles. The maximum absolute atomic E-state index is 9.84. The lowest BCUT2D eigenvalue weighted by Crippen LogP contribution is -2.26. The molecule has 1 aromatic carbocycles. The Kier molecular flexibility index (Phi) is 6.68. The molecule has 4 heteroatoms. The van der Waals surface area contributed by atoms with E-state index >= 15 is 0 Å². The molecule has 0 bridgehead atoms.